The Labute approximate surface area is 497 Å². The second-order valence-electron chi connectivity index (χ2n) is 30.0. The average molecular weight is 1190 g/mol. The SMILES string of the molecule is CC[Si](CC)(CC)OCC1O[C@@H](OC2[C@H](O[C@H]3CCC4(C)C5CC=C6C7CC(C)(C)CC[C@]7(C(=O)O)C(OC)C[C@@]6(C)[C@@]5(C)CC[C@H]4[C@@]3(C)C=O)OC(C(=O)O)[C@@H](C)[C@@H]2O[C@@H]2OC[C@@H](C)[C@@H](C)C2C)C(O[Si](CC)(CC)CC)[C@@H](C)[C@@H]1C. The molecule has 4 saturated carbocycles. The number of fused-ring (bicyclic) bond motifs is 7. The van der Waals surface area contributed by atoms with E-state index in [-0.39, 0.29) is 69.2 Å². The molecule has 0 aromatic carbocycles. The van der Waals surface area contributed by atoms with Gasteiger partial charge in [-0.1, -0.05) is 136 Å². The molecule has 0 radical (unpaired) electrons. The van der Waals surface area contributed by atoms with Crippen molar-refractivity contribution < 1.29 is 66.6 Å². The zero-order chi connectivity index (χ0) is 60.5. The molecule has 9 unspecified atom stereocenters. The van der Waals surface area contributed by atoms with Crippen LogP contribution in [0.3, 0.4) is 0 Å². The van der Waals surface area contributed by atoms with Gasteiger partial charge in [0, 0.05) is 18.9 Å². The van der Waals surface area contributed by atoms with Crippen molar-refractivity contribution in [1.29, 1.82) is 0 Å². The summed E-state index contributed by atoms with van der Waals surface area (Å²) in [5.41, 5.74) is -1.52. The third kappa shape index (κ3) is 11.0. The number of ether oxygens (including phenoxy) is 7. The average Bonchev–Trinajstić information content (AvgIpc) is 3.64. The van der Waals surface area contributed by atoms with Gasteiger partial charge < -0.3 is 57.0 Å². The molecule has 3 heterocycles. The van der Waals surface area contributed by atoms with E-state index in [0.29, 0.717) is 38.4 Å². The molecule has 5 aliphatic carbocycles. The molecule has 8 rings (SSSR count). The zero-order valence-electron chi connectivity index (χ0n) is 54.4. The normalized spacial score (nSPS) is 46.8. The Morgan fingerprint density at radius 1 is 0.671 bits per heavy atom. The predicted octanol–water partition coefficient (Wildman–Crippen LogP) is 14.0. The Morgan fingerprint density at radius 2 is 1.29 bits per heavy atom. The number of allylic oxidation sites excluding steroid dienone is 2. The molecule has 0 amide bonds. The number of carbonyl (C=O) groups excluding carboxylic acids is 1. The highest BCUT2D eigenvalue weighted by atomic mass is 28.4. The summed E-state index contributed by atoms with van der Waals surface area (Å²) in [7, 11) is -2.60. The van der Waals surface area contributed by atoms with Crippen molar-refractivity contribution in [1.82, 2.24) is 0 Å². The van der Waals surface area contributed by atoms with Crippen molar-refractivity contribution in [3.05, 3.63) is 11.6 Å². The maximum atomic E-state index is 14.5. The molecular weight excluding hydrogens is 1070 g/mol. The van der Waals surface area contributed by atoms with Crippen LogP contribution >= 0.6 is 0 Å². The second-order valence-corrected chi connectivity index (χ2v) is 39.5. The van der Waals surface area contributed by atoms with Crippen molar-refractivity contribution in [3.63, 3.8) is 0 Å². The van der Waals surface area contributed by atoms with Gasteiger partial charge in [0.1, 0.15) is 17.8 Å². The second kappa shape index (κ2) is 24.8. The van der Waals surface area contributed by atoms with Gasteiger partial charge in [-0.05, 0) is 157 Å². The van der Waals surface area contributed by atoms with Gasteiger partial charge in [-0.15, -0.1) is 0 Å². The fraction of sp³-hybridized carbons (Fsp3) is 0.924. The third-order valence-electron chi connectivity index (χ3n) is 26.2. The molecule has 16 heteroatoms. The monoisotopic (exact) mass is 1190 g/mol. The van der Waals surface area contributed by atoms with Crippen LogP contribution in [0.4, 0.5) is 0 Å². The van der Waals surface area contributed by atoms with Crippen LogP contribution < -0.4 is 0 Å². The first-order chi connectivity index (χ1) is 38.5. The largest absolute Gasteiger partial charge is 0.481 e. The first-order valence-corrected chi connectivity index (χ1v) is 37.9. The van der Waals surface area contributed by atoms with Gasteiger partial charge >= 0.3 is 11.9 Å². The fourth-order valence-corrected chi connectivity index (χ4v) is 24.6. The van der Waals surface area contributed by atoms with Crippen molar-refractivity contribution in [2.24, 2.45) is 85.8 Å². The lowest BCUT2D eigenvalue weighted by Crippen LogP contribution is -2.68. The van der Waals surface area contributed by atoms with Crippen LogP contribution in [0.15, 0.2) is 11.6 Å². The Morgan fingerprint density at radius 3 is 1.88 bits per heavy atom. The fourth-order valence-electron chi connectivity index (χ4n) is 19.1. The highest BCUT2D eigenvalue weighted by Crippen LogP contribution is 2.76. The number of aldehydes is 1. The lowest BCUT2D eigenvalue weighted by atomic mass is 9.33. The summed E-state index contributed by atoms with van der Waals surface area (Å²) >= 11 is 0. The van der Waals surface area contributed by atoms with E-state index in [9.17, 15) is 24.6 Å². The number of aliphatic carboxylic acids is 2. The summed E-state index contributed by atoms with van der Waals surface area (Å²) in [6, 6.07) is 5.85. The molecule has 0 aromatic heterocycles. The lowest BCUT2D eigenvalue weighted by molar-refractivity contribution is -0.378. The van der Waals surface area contributed by atoms with E-state index in [0.717, 1.165) is 81.1 Å². The van der Waals surface area contributed by atoms with Gasteiger partial charge in [0.05, 0.1) is 49.1 Å². The van der Waals surface area contributed by atoms with Crippen molar-refractivity contribution in [2.45, 2.75) is 280 Å². The minimum absolute atomic E-state index is 0.00123. The van der Waals surface area contributed by atoms with Crippen LogP contribution in [0.1, 0.15) is 182 Å². The van der Waals surface area contributed by atoms with Crippen molar-refractivity contribution in [2.75, 3.05) is 20.3 Å². The van der Waals surface area contributed by atoms with Crippen LogP contribution in [0.25, 0.3) is 0 Å². The number of rotatable bonds is 21. The van der Waals surface area contributed by atoms with Gasteiger partial charge in [-0.2, -0.15) is 0 Å². The summed E-state index contributed by atoms with van der Waals surface area (Å²) in [5, 5.41) is 22.3. The van der Waals surface area contributed by atoms with Crippen LogP contribution in [-0.2, 0) is 56.4 Å². The minimum Gasteiger partial charge on any atom is -0.481 e. The van der Waals surface area contributed by atoms with Crippen molar-refractivity contribution >= 4 is 34.9 Å². The molecule has 24 atom stereocenters. The highest BCUT2D eigenvalue weighted by Gasteiger charge is 2.72. The summed E-state index contributed by atoms with van der Waals surface area (Å²) in [5.74, 6) is -1.97. The summed E-state index contributed by atoms with van der Waals surface area (Å²) in [6.07, 6.45) is 2.26. The Kier molecular flexibility index (Phi) is 20.1. The number of carboxylic acid groups (broad SMARTS) is 2. The molecule has 0 aromatic rings. The topological polar surface area (TPSA) is 175 Å². The summed E-state index contributed by atoms with van der Waals surface area (Å²) in [6.45, 7) is 41.2. The van der Waals surface area contributed by atoms with Crippen LogP contribution in [0.5, 0.6) is 0 Å². The van der Waals surface area contributed by atoms with E-state index in [1.54, 1.807) is 7.11 Å². The molecule has 470 valence electrons. The number of hydrogen-bond acceptors (Lipinski definition) is 12. The first kappa shape index (κ1) is 66.4. The maximum absolute atomic E-state index is 14.5. The highest BCUT2D eigenvalue weighted by molar-refractivity contribution is 6.74. The van der Waals surface area contributed by atoms with Crippen LogP contribution in [0, 0.1) is 85.8 Å². The molecular formula is C66H114O14Si2. The standard InChI is InChI=1S/C66H114O14Si2/c1-20-81(21-2,22-3)74-37-47-41(9)42(10)54(80-82(23-4,24-5)25-6)58(75-47)79-55-52(77-57-43(11)40(8)39(7)36-73-57)44(12)53(56(68)69)78-59(55)76-50-29-30-62(15)48(63(50,16)38-67)28-31-64(17)49(62)27-26-45-46-34-61(13,14)32-33-66(46,60(70)71)51(72-19)35-65(45,64)18/h26,38-44,46-55,57-59H,20-25,27-37H2,1-19H3,(H,68,69)(H,70,71)/t39-,40-,41+,42+,43?,44+,46?,47?,48-,49?,50+,51?,52+,53?,54?,55?,57+,58+,59-,62?,63-,64+,65-,66-/m1/s1. The predicted molar refractivity (Wildman–Crippen MR) is 323 cm³/mol. The summed E-state index contributed by atoms with van der Waals surface area (Å²) < 4.78 is 63.9. The minimum atomic E-state index is -2.29. The smallest absolute Gasteiger partial charge is 0.333 e. The Hall–Kier alpha value is -1.58. The zero-order valence-corrected chi connectivity index (χ0v) is 56.4. The quantitative estimate of drug-likeness (QED) is 0.0481. The molecule has 2 N–H and O–H groups in total. The van der Waals surface area contributed by atoms with E-state index in [1.807, 2.05) is 6.92 Å². The van der Waals surface area contributed by atoms with Gasteiger partial charge in [0.2, 0.25) is 0 Å². The first-order valence-electron chi connectivity index (χ1n) is 32.9. The summed E-state index contributed by atoms with van der Waals surface area (Å²) in [4.78, 5) is 41.7. The van der Waals surface area contributed by atoms with Gasteiger partial charge in [-0.3, -0.25) is 4.79 Å². The lowest BCUT2D eigenvalue weighted by Gasteiger charge is -2.71. The molecule has 3 saturated heterocycles. The number of methoxy groups -OCH3 is 1. The van der Waals surface area contributed by atoms with E-state index in [2.05, 4.69) is 124 Å². The molecule has 0 bridgehead atoms. The van der Waals surface area contributed by atoms with Gasteiger partial charge in [0.25, 0.3) is 0 Å². The van der Waals surface area contributed by atoms with Gasteiger partial charge in [-0.25, -0.2) is 4.79 Å². The Bertz CT molecular complexity index is 2250. The number of carbonyl (C=O) groups is 3. The molecule has 8 aliphatic rings. The third-order valence-corrected chi connectivity index (χ3v) is 35.5. The molecule has 3 aliphatic heterocycles. The van der Waals surface area contributed by atoms with E-state index in [1.165, 1.54) is 5.57 Å². The van der Waals surface area contributed by atoms with Crippen LogP contribution in [0.2, 0.25) is 36.3 Å². The van der Waals surface area contributed by atoms with E-state index >= 15 is 0 Å². The van der Waals surface area contributed by atoms with Crippen molar-refractivity contribution in [3.8, 4) is 0 Å². The molecule has 0 spiro atoms. The van der Waals surface area contributed by atoms with Gasteiger partial charge in [0.15, 0.2) is 41.6 Å². The number of hydrogen-bond donors (Lipinski definition) is 2. The number of carboxylic acids is 2. The van der Waals surface area contributed by atoms with E-state index in [4.69, 9.17) is 42.0 Å². The van der Waals surface area contributed by atoms with E-state index < -0.39 is 101 Å². The maximum Gasteiger partial charge on any atom is 0.333 e. The Balaban J connectivity index is 1.18. The van der Waals surface area contributed by atoms with Crippen LogP contribution in [-0.4, -0.2) is 127 Å². The molecule has 7 fully saturated rings. The molecule has 82 heavy (non-hydrogen) atoms. The molecule has 14 nitrogen and oxygen atoms in total.